The number of hydrogen-bond donors (Lipinski definition) is 3. The first-order chi connectivity index (χ1) is 8.65. The van der Waals surface area contributed by atoms with Crippen LogP contribution in [0.25, 0.3) is 0 Å². The van der Waals surface area contributed by atoms with E-state index in [0.717, 1.165) is 30.0 Å². The van der Waals surface area contributed by atoms with E-state index in [9.17, 15) is 5.11 Å². The first-order valence-corrected chi connectivity index (χ1v) is 5.89. The third-order valence-corrected chi connectivity index (χ3v) is 2.80. The van der Waals surface area contributed by atoms with Crippen molar-refractivity contribution in [2.45, 2.75) is 13.3 Å². The Labute approximate surface area is 106 Å². The van der Waals surface area contributed by atoms with Crippen LogP contribution in [0, 0.1) is 6.92 Å². The Morgan fingerprint density at radius 1 is 1.28 bits per heavy atom. The van der Waals surface area contributed by atoms with Crippen LogP contribution >= 0.6 is 0 Å². The van der Waals surface area contributed by atoms with Gasteiger partial charge in [-0.25, -0.2) is 4.98 Å². The zero-order valence-electron chi connectivity index (χ0n) is 10.4. The van der Waals surface area contributed by atoms with Gasteiger partial charge in [0.25, 0.3) is 0 Å². The van der Waals surface area contributed by atoms with Gasteiger partial charge in [-0.3, -0.25) is 0 Å². The smallest absolute Gasteiger partial charge is 0.127 e. The number of nitrogens with zero attached hydrogens (tertiary/aromatic N) is 1. The Hall–Kier alpha value is -2.23. The van der Waals surface area contributed by atoms with Gasteiger partial charge in [0.1, 0.15) is 11.6 Å². The van der Waals surface area contributed by atoms with E-state index in [4.69, 9.17) is 5.73 Å². The molecule has 0 aliphatic heterocycles. The largest absolute Gasteiger partial charge is 0.508 e. The minimum Gasteiger partial charge on any atom is -0.508 e. The zero-order valence-corrected chi connectivity index (χ0v) is 10.4. The third-order valence-electron chi connectivity index (χ3n) is 2.80. The van der Waals surface area contributed by atoms with Crippen LogP contribution < -0.4 is 11.1 Å². The molecule has 0 spiro atoms. The number of hydrogen-bond acceptors (Lipinski definition) is 4. The number of nitrogen functional groups attached to an aromatic ring is 1. The van der Waals surface area contributed by atoms with Gasteiger partial charge >= 0.3 is 0 Å². The van der Waals surface area contributed by atoms with Crippen molar-refractivity contribution in [2.24, 2.45) is 0 Å². The highest BCUT2D eigenvalue weighted by Gasteiger charge is 1.98. The predicted octanol–water partition coefficient (Wildman–Crippen LogP) is 2.33. The molecule has 0 saturated carbocycles. The topological polar surface area (TPSA) is 71.2 Å². The second-order valence-corrected chi connectivity index (χ2v) is 4.27. The summed E-state index contributed by atoms with van der Waals surface area (Å²) in [5.74, 6) is 1.08. The predicted molar refractivity (Wildman–Crippen MR) is 73.7 cm³/mol. The van der Waals surface area contributed by atoms with Gasteiger partial charge in [-0.05, 0) is 36.6 Å². The van der Waals surface area contributed by atoms with Crippen molar-refractivity contribution in [3.63, 3.8) is 0 Å². The Morgan fingerprint density at radius 2 is 2.00 bits per heavy atom. The Morgan fingerprint density at radius 3 is 2.67 bits per heavy atom. The second kappa shape index (κ2) is 5.40. The summed E-state index contributed by atoms with van der Waals surface area (Å²) >= 11 is 0. The normalized spacial score (nSPS) is 10.3. The highest BCUT2D eigenvalue weighted by atomic mass is 16.3. The molecule has 4 nitrogen and oxygen atoms in total. The van der Waals surface area contributed by atoms with Gasteiger partial charge in [-0.2, -0.15) is 0 Å². The third kappa shape index (κ3) is 3.13. The summed E-state index contributed by atoms with van der Waals surface area (Å²) in [7, 11) is 0. The molecule has 0 bridgehead atoms. The molecule has 2 rings (SSSR count). The van der Waals surface area contributed by atoms with Gasteiger partial charge in [-0.15, -0.1) is 0 Å². The maximum atomic E-state index is 9.18. The Bertz CT molecular complexity index is 523. The molecule has 1 heterocycles. The van der Waals surface area contributed by atoms with E-state index < -0.39 is 0 Å². The standard InChI is InChI=1S/C14H17N3O/c1-10-9-17-14(8-13(10)15)16-7-6-11-2-4-12(18)5-3-11/h2-5,8-9,18H,6-7H2,1H3,(H3,15,16,17). The summed E-state index contributed by atoms with van der Waals surface area (Å²) in [5.41, 5.74) is 8.71. The van der Waals surface area contributed by atoms with E-state index in [-0.39, 0.29) is 0 Å². The van der Waals surface area contributed by atoms with E-state index in [1.54, 1.807) is 18.3 Å². The number of aromatic hydroxyl groups is 1. The number of aryl methyl sites for hydroxylation is 1. The van der Waals surface area contributed by atoms with Crippen LogP contribution in [-0.2, 0) is 6.42 Å². The van der Waals surface area contributed by atoms with Crippen molar-refractivity contribution >= 4 is 11.5 Å². The number of phenolic OH excluding ortho intramolecular Hbond substituents is 1. The second-order valence-electron chi connectivity index (χ2n) is 4.27. The van der Waals surface area contributed by atoms with Gasteiger partial charge in [0.2, 0.25) is 0 Å². The monoisotopic (exact) mass is 243 g/mol. The number of phenols is 1. The van der Waals surface area contributed by atoms with Crippen LogP contribution in [0.15, 0.2) is 36.5 Å². The summed E-state index contributed by atoms with van der Waals surface area (Å²) in [5, 5.41) is 12.4. The van der Waals surface area contributed by atoms with Crippen LogP contribution in [0.4, 0.5) is 11.5 Å². The average molecular weight is 243 g/mol. The molecule has 1 aromatic carbocycles. The van der Waals surface area contributed by atoms with Crippen molar-refractivity contribution in [3.8, 4) is 5.75 Å². The number of anilines is 2. The quantitative estimate of drug-likeness (QED) is 0.770. The number of pyridine rings is 1. The summed E-state index contributed by atoms with van der Waals surface area (Å²) in [6, 6.07) is 9.04. The lowest BCUT2D eigenvalue weighted by Crippen LogP contribution is -2.07. The lowest BCUT2D eigenvalue weighted by Gasteiger charge is -2.07. The van der Waals surface area contributed by atoms with E-state index >= 15 is 0 Å². The summed E-state index contributed by atoms with van der Waals surface area (Å²) in [6.07, 6.45) is 2.63. The molecule has 0 aliphatic rings. The summed E-state index contributed by atoms with van der Waals surface area (Å²) in [6.45, 7) is 2.71. The van der Waals surface area contributed by atoms with E-state index in [0.29, 0.717) is 5.75 Å². The molecular formula is C14H17N3O. The first kappa shape index (κ1) is 12.2. The minimum absolute atomic E-state index is 0.291. The van der Waals surface area contributed by atoms with Crippen LogP contribution in [0.1, 0.15) is 11.1 Å². The summed E-state index contributed by atoms with van der Waals surface area (Å²) in [4.78, 5) is 4.25. The fraction of sp³-hybridized carbons (Fsp3) is 0.214. The van der Waals surface area contributed by atoms with E-state index in [1.807, 2.05) is 25.1 Å². The molecule has 18 heavy (non-hydrogen) atoms. The van der Waals surface area contributed by atoms with Crippen LogP contribution in [0.2, 0.25) is 0 Å². The molecule has 0 radical (unpaired) electrons. The molecule has 1 aromatic heterocycles. The average Bonchev–Trinajstić information content (AvgIpc) is 2.36. The molecule has 0 fully saturated rings. The number of nitrogens with two attached hydrogens (primary N) is 1. The van der Waals surface area contributed by atoms with Gasteiger partial charge in [0.05, 0.1) is 0 Å². The molecule has 0 amide bonds. The molecular weight excluding hydrogens is 226 g/mol. The minimum atomic E-state index is 0.291. The van der Waals surface area contributed by atoms with E-state index in [2.05, 4.69) is 10.3 Å². The fourth-order valence-corrected chi connectivity index (χ4v) is 1.63. The number of rotatable bonds is 4. The van der Waals surface area contributed by atoms with Gasteiger partial charge < -0.3 is 16.2 Å². The Kier molecular flexibility index (Phi) is 3.67. The SMILES string of the molecule is Cc1cnc(NCCc2ccc(O)cc2)cc1N. The lowest BCUT2D eigenvalue weighted by molar-refractivity contribution is 0.475. The zero-order chi connectivity index (χ0) is 13.0. The highest BCUT2D eigenvalue weighted by Crippen LogP contribution is 2.14. The van der Waals surface area contributed by atoms with Crippen molar-refractivity contribution in [1.29, 1.82) is 0 Å². The maximum absolute atomic E-state index is 9.18. The van der Waals surface area contributed by atoms with Gasteiger partial charge in [0, 0.05) is 24.5 Å². The molecule has 4 N–H and O–H groups in total. The number of nitrogens with one attached hydrogen (secondary N) is 1. The molecule has 0 saturated heterocycles. The lowest BCUT2D eigenvalue weighted by atomic mass is 10.1. The van der Waals surface area contributed by atoms with Crippen molar-refractivity contribution in [2.75, 3.05) is 17.6 Å². The number of aromatic nitrogens is 1. The summed E-state index contributed by atoms with van der Waals surface area (Å²) < 4.78 is 0. The molecule has 2 aromatic rings. The number of benzene rings is 1. The van der Waals surface area contributed by atoms with E-state index in [1.165, 1.54) is 5.56 Å². The molecule has 0 aliphatic carbocycles. The van der Waals surface area contributed by atoms with Crippen LogP contribution in [-0.4, -0.2) is 16.6 Å². The van der Waals surface area contributed by atoms with Crippen molar-refractivity contribution in [3.05, 3.63) is 47.7 Å². The van der Waals surface area contributed by atoms with Gasteiger partial charge in [-0.1, -0.05) is 12.1 Å². The Balaban J connectivity index is 1.88. The van der Waals surface area contributed by atoms with Crippen LogP contribution in [0.3, 0.4) is 0 Å². The highest BCUT2D eigenvalue weighted by molar-refractivity contribution is 5.53. The molecule has 0 unspecified atom stereocenters. The fourth-order valence-electron chi connectivity index (χ4n) is 1.63. The van der Waals surface area contributed by atoms with Gasteiger partial charge in [0.15, 0.2) is 0 Å². The molecule has 94 valence electrons. The molecule has 0 atom stereocenters. The maximum Gasteiger partial charge on any atom is 0.127 e. The first-order valence-electron chi connectivity index (χ1n) is 5.89. The van der Waals surface area contributed by atoms with Crippen molar-refractivity contribution in [1.82, 2.24) is 4.98 Å². The van der Waals surface area contributed by atoms with Crippen LogP contribution in [0.5, 0.6) is 5.75 Å². The van der Waals surface area contributed by atoms with Crippen molar-refractivity contribution < 1.29 is 5.11 Å². The molecule has 4 heteroatoms.